The number of carbonyl (C=O) groups is 1. The molecule has 0 spiro atoms. The molecule has 9 nitrogen and oxygen atoms in total. The summed E-state index contributed by atoms with van der Waals surface area (Å²) in [6.45, 7) is 6.27. The van der Waals surface area contributed by atoms with Gasteiger partial charge in [-0.25, -0.2) is 9.97 Å². The molecule has 0 fully saturated rings. The van der Waals surface area contributed by atoms with Gasteiger partial charge in [0.1, 0.15) is 18.2 Å². The van der Waals surface area contributed by atoms with Gasteiger partial charge in [0.2, 0.25) is 0 Å². The summed E-state index contributed by atoms with van der Waals surface area (Å²) in [6.07, 6.45) is 3.24. The Balaban J connectivity index is 1.51. The molecule has 1 aromatic carbocycles. The minimum absolute atomic E-state index is 0.146. The monoisotopic (exact) mass is 447 g/mol. The molecule has 0 saturated heterocycles. The van der Waals surface area contributed by atoms with Crippen LogP contribution in [-0.4, -0.2) is 32.8 Å². The number of aromatic nitrogens is 4. The van der Waals surface area contributed by atoms with Crippen LogP contribution >= 0.6 is 0 Å². The van der Waals surface area contributed by atoms with Gasteiger partial charge in [-0.1, -0.05) is 32.9 Å². The minimum Gasteiger partial charge on any atom is -0.493 e. The van der Waals surface area contributed by atoms with E-state index in [2.05, 4.69) is 20.4 Å². The molecular formula is C24H25N5O4. The fourth-order valence-corrected chi connectivity index (χ4v) is 3.03. The Morgan fingerprint density at radius 1 is 1.06 bits per heavy atom. The van der Waals surface area contributed by atoms with Crippen LogP contribution in [0.15, 0.2) is 65.3 Å². The van der Waals surface area contributed by atoms with E-state index in [9.17, 15) is 4.79 Å². The molecule has 0 atom stereocenters. The second-order valence-electron chi connectivity index (χ2n) is 8.29. The highest BCUT2D eigenvalue weighted by atomic mass is 16.5. The van der Waals surface area contributed by atoms with Crippen LogP contribution in [0.5, 0.6) is 11.5 Å². The number of nitrogens with zero attached hydrogens (tertiary/aromatic N) is 4. The largest absolute Gasteiger partial charge is 0.493 e. The van der Waals surface area contributed by atoms with Crippen molar-refractivity contribution >= 4 is 11.7 Å². The predicted octanol–water partition coefficient (Wildman–Crippen LogP) is 4.39. The molecule has 1 N–H and O–H groups in total. The molecule has 1 amide bonds. The van der Waals surface area contributed by atoms with E-state index in [1.54, 1.807) is 43.8 Å². The zero-order valence-corrected chi connectivity index (χ0v) is 18.9. The number of methoxy groups -OCH3 is 1. The molecule has 170 valence electrons. The van der Waals surface area contributed by atoms with Crippen molar-refractivity contribution in [3.05, 3.63) is 78.1 Å². The second-order valence-corrected chi connectivity index (χ2v) is 8.29. The number of carbonyl (C=O) groups excluding carboxylic acids is 1. The van der Waals surface area contributed by atoms with E-state index in [4.69, 9.17) is 13.9 Å². The summed E-state index contributed by atoms with van der Waals surface area (Å²) in [5.41, 5.74) is 0.559. The van der Waals surface area contributed by atoms with Crippen LogP contribution < -0.4 is 14.8 Å². The van der Waals surface area contributed by atoms with Crippen molar-refractivity contribution in [3.63, 3.8) is 0 Å². The van der Waals surface area contributed by atoms with Gasteiger partial charge in [-0.05, 0) is 30.3 Å². The summed E-state index contributed by atoms with van der Waals surface area (Å²) >= 11 is 0. The zero-order valence-electron chi connectivity index (χ0n) is 18.9. The lowest BCUT2D eigenvalue weighted by Crippen LogP contribution is -2.16. The summed E-state index contributed by atoms with van der Waals surface area (Å²) in [4.78, 5) is 21.4. The van der Waals surface area contributed by atoms with E-state index >= 15 is 0 Å². The predicted molar refractivity (Wildman–Crippen MR) is 122 cm³/mol. The van der Waals surface area contributed by atoms with Gasteiger partial charge in [-0.15, -0.1) is 0 Å². The number of hydrogen-bond donors (Lipinski definition) is 1. The number of para-hydroxylation sites is 2. The number of benzene rings is 1. The highest BCUT2D eigenvalue weighted by molar-refractivity contribution is 6.01. The Hall–Kier alpha value is -4.14. The Labute approximate surface area is 191 Å². The van der Waals surface area contributed by atoms with Crippen molar-refractivity contribution < 1.29 is 18.7 Å². The number of ether oxygens (including phenoxy) is 2. The molecule has 4 rings (SSSR count). The summed E-state index contributed by atoms with van der Waals surface area (Å²) in [7, 11) is 1.58. The van der Waals surface area contributed by atoms with Gasteiger partial charge < -0.3 is 19.2 Å². The van der Waals surface area contributed by atoms with Gasteiger partial charge in [0.25, 0.3) is 11.9 Å². The smallest absolute Gasteiger partial charge is 0.292 e. The lowest BCUT2D eigenvalue weighted by atomic mass is 9.92. The lowest BCUT2D eigenvalue weighted by molar-refractivity contribution is 0.0991. The van der Waals surface area contributed by atoms with E-state index in [-0.39, 0.29) is 17.8 Å². The molecule has 0 aliphatic rings. The number of nitrogens with one attached hydrogen (secondary N) is 1. The van der Waals surface area contributed by atoms with E-state index in [1.165, 1.54) is 4.68 Å². The van der Waals surface area contributed by atoms with Crippen LogP contribution in [0.2, 0.25) is 0 Å². The first-order valence-corrected chi connectivity index (χ1v) is 10.4. The number of rotatable bonds is 7. The van der Waals surface area contributed by atoms with E-state index in [0.29, 0.717) is 29.0 Å². The maximum Gasteiger partial charge on any atom is 0.292 e. The van der Waals surface area contributed by atoms with E-state index < -0.39 is 5.91 Å². The van der Waals surface area contributed by atoms with E-state index in [0.717, 1.165) is 5.69 Å². The highest BCUT2D eigenvalue weighted by Crippen LogP contribution is 2.28. The van der Waals surface area contributed by atoms with Crippen LogP contribution in [0.1, 0.15) is 42.8 Å². The first-order valence-electron chi connectivity index (χ1n) is 10.4. The summed E-state index contributed by atoms with van der Waals surface area (Å²) in [6, 6.07) is 14.1. The maximum absolute atomic E-state index is 12.9. The Bertz CT molecular complexity index is 1240. The van der Waals surface area contributed by atoms with Gasteiger partial charge in [-0.2, -0.15) is 9.78 Å². The van der Waals surface area contributed by atoms with Gasteiger partial charge >= 0.3 is 0 Å². The van der Waals surface area contributed by atoms with Crippen molar-refractivity contribution in [3.8, 4) is 17.4 Å². The third-order valence-corrected chi connectivity index (χ3v) is 4.79. The average Bonchev–Trinajstić information content (AvgIpc) is 3.46. The van der Waals surface area contributed by atoms with Crippen LogP contribution in [0.25, 0.3) is 5.95 Å². The molecule has 3 heterocycles. The molecule has 3 aromatic heterocycles. The van der Waals surface area contributed by atoms with Crippen molar-refractivity contribution in [2.24, 2.45) is 0 Å². The molecule has 0 bridgehead atoms. The SMILES string of the molecule is COc1ccccc1OCc1ccc(C(=O)Nc2cc(C(C)(C)C)nn2-c2ncccn2)o1. The normalized spacial score (nSPS) is 11.3. The standard InChI is InChI=1S/C24H25N5O4/c1-24(2,3)20-14-21(29(28-20)23-25-12-7-13-26-23)27-22(30)19-11-10-16(33-19)15-32-18-9-6-5-8-17(18)31-4/h5-14H,15H2,1-4H3,(H,27,30). The fraction of sp³-hybridized carbons (Fsp3) is 0.250. The number of furan rings is 1. The summed E-state index contributed by atoms with van der Waals surface area (Å²) in [5, 5.41) is 7.45. The first kappa shape index (κ1) is 22.1. The molecule has 0 radical (unpaired) electrons. The minimum atomic E-state index is -0.420. The van der Waals surface area contributed by atoms with Crippen molar-refractivity contribution in [1.82, 2.24) is 19.7 Å². The summed E-state index contributed by atoms with van der Waals surface area (Å²) < 4.78 is 18.2. The number of amides is 1. The average molecular weight is 447 g/mol. The van der Waals surface area contributed by atoms with Gasteiger partial charge in [0, 0.05) is 23.9 Å². The molecule has 0 aliphatic carbocycles. The van der Waals surface area contributed by atoms with Crippen molar-refractivity contribution in [1.29, 1.82) is 0 Å². The van der Waals surface area contributed by atoms with Gasteiger partial charge in [0.05, 0.1) is 12.8 Å². The van der Waals surface area contributed by atoms with Gasteiger partial charge in [0.15, 0.2) is 17.3 Å². The number of hydrogen-bond acceptors (Lipinski definition) is 7. The molecule has 0 saturated carbocycles. The molecule has 33 heavy (non-hydrogen) atoms. The first-order chi connectivity index (χ1) is 15.8. The fourth-order valence-electron chi connectivity index (χ4n) is 3.03. The Morgan fingerprint density at radius 2 is 1.79 bits per heavy atom. The van der Waals surface area contributed by atoms with Crippen LogP contribution in [-0.2, 0) is 12.0 Å². The molecule has 9 heteroatoms. The molecule has 0 unspecified atom stereocenters. The third kappa shape index (κ3) is 5.03. The molecular weight excluding hydrogens is 422 g/mol. The topological polar surface area (TPSA) is 104 Å². The van der Waals surface area contributed by atoms with Crippen molar-refractivity contribution in [2.75, 3.05) is 12.4 Å². The third-order valence-electron chi connectivity index (χ3n) is 4.79. The highest BCUT2D eigenvalue weighted by Gasteiger charge is 2.23. The van der Waals surface area contributed by atoms with Crippen molar-refractivity contribution in [2.45, 2.75) is 32.8 Å². The second kappa shape index (κ2) is 9.15. The Kier molecular flexibility index (Phi) is 6.12. The van der Waals surface area contributed by atoms with Crippen LogP contribution in [0.4, 0.5) is 5.82 Å². The zero-order chi connectivity index (χ0) is 23.4. The lowest BCUT2D eigenvalue weighted by Gasteiger charge is -2.13. The number of anilines is 1. The van der Waals surface area contributed by atoms with Gasteiger partial charge in [-0.3, -0.25) is 4.79 Å². The van der Waals surface area contributed by atoms with Crippen LogP contribution in [0.3, 0.4) is 0 Å². The Morgan fingerprint density at radius 3 is 2.48 bits per heavy atom. The van der Waals surface area contributed by atoms with Crippen LogP contribution in [0, 0.1) is 0 Å². The quantitative estimate of drug-likeness (QED) is 0.448. The molecule has 4 aromatic rings. The van der Waals surface area contributed by atoms with E-state index in [1.807, 2.05) is 45.0 Å². The molecule has 0 aliphatic heterocycles. The maximum atomic E-state index is 12.9. The summed E-state index contributed by atoms with van der Waals surface area (Å²) in [5.74, 6) is 2.23.